The van der Waals surface area contributed by atoms with Crippen molar-refractivity contribution in [1.82, 2.24) is 4.31 Å². The first kappa shape index (κ1) is 27.7. The zero-order valence-electron chi connectivity index (χ0n) is 18.3. The van der Waals surface area contributed by atoms with Gasteiger partial charge in [0.25, 0.3) is 0 Å². The number of piperidine rings is 1. The molecule has 8 nitrogen and oxygen atoms in total. The fraction of sp³-hybridized carbons (Fsp3) is 0.650. The highest BCUT2D eigenvalue weighted by Crippen LogP contribution is 2.37. The Hall–Kier alpha value is -1.54. The maximum absolute atomic E-state index is 13.4. The predicted octanol–water partition coefficient (Wildman–Crippen LogP) is 3.37. The van der Waals surface area contributed by atoms with Crippen molar-refractivity contribution in [2.45, 2.75) is 46.9 Å². The third-order valence-electron chi connectivity index (χ3n) is 5.40. The highest BCUT2D eigenvalue weighted by Gasteiger charge is 2.53. The van der Waals surface area contributed by atoms with Crippen molar-refractivity contribution in [1.29, 1.82) is 0 Å². The zero-order valence-corrected chi connectivity index (χ0v) is 20.0. The number of thioether (sulfide) groups is 1. The molecule has 1 fully saturated rings. The molecule has 0 spiro atoms. The molecule has 0 saturated carbocycles. The molecule has 0 radical (unpaired) electrons. The molecule has 0 amide bonds. The quantitative estimate of drug-likeness (QED) is 0.423. The number of nitrogens with zero attached hydrogens (tertiary/aromatic N) is 1. The number of hydrogen-bond donors (Lipinski definition) is 1. The van der Waals surface area contributed by atoms with Crippen LogP contribution in [0, 0.1) is 0 Å². The number of carbonyl (C=O) groups is 1. The fourth-order valence-electron chi connectivity index (χ4n) is 3.59. The molecule has 0 aliphatic carbocycles. The van der Waals surface area contributed by atoms with Gasteiger partial charge in [-0.25, -0.2) is 12.7 Å². The fourth-order valence-corrected chi connectivity index (χ4v) is 6.22. The summed E-state index contributed by atoms with van der Waals surface area (Å²) in [6.45, 7) is 0.0306. The Morgan fingerprint density at radius 2 is 1.61 bits per heavy atom. The number of halogens is 3. The number of ether oxygens (including phenoxy) is 3. The molecule has 0 unspecified atom stereocenters. The molecule has 188 valence electrons. The van der Waals surface area contributed by atoms with Crippen molar-refractivity contribution < 1.29 is 45.7 Å². The van der Waals surface area contributed by atoms with E-state index < -0.39 is 26.2 Å². The Morgan fingerprint density at radius 1 is 1.09 bits per heavy atom. The lowest BCUT2D eigenvalue weighted by molar-refractivity contribution is -0.141. The van der Waals surface area contributed by atoms with Gasteiger partial charge in [0, 0.05) is 58.3 Å². The number of methoxy groups -OCH3 is 2. The van der Waals surface area contributed by atoms with Gasteiger partial charge in [-0.05, 0) is 48.9 Å². The van der Waals surface area contributed by atoms with Crippen molar-refractivity contribution >= 4 is 27.8 Å². The van der Waals surface area contributed by atoms with Gasteiger partial charge in [0.2, 0.25) is 10.0 Å². The molecule has 1 saturated heterocycles. The largest absolute Gasteiger partial charge is 0.490 e. The second-order valence-corrected chi connectivity index (χ2v) is 10.9. The summed E-state index contributed by atoms with van der Waals surface area (Å²) in [6.07, 6.45) is -0.174. The van der Waals surface area contributed by atoms with Crippen molar-refractivity contribution in [3.8, 4) is 5.75 Å². The average molecular weight is 516 g/mol. The Labute approximate surface area is 195 Å². The smallest absolute Gasteiger partial charge is 0.446 e. The maximum Gasteiger partial charge on any atom is 0.446 e. The van der Waals surface area contributed by atoms with E-state index in [1.54, 1.807) is 0 Å². The number of alkyl halides is 3. The van der Waals surface area contributed by atoms with Gasteiger partial charge in [0.05, 0.1) is 0 Å². The molecule has 1 aliphatic heterocycles. The van der Waals surface area contributed by atoms with E-state index in [1.165, 1.54) is 38.5 Å². The van der Waals surface area contributed by atoms with Crippen LogP contribution in [0.5, 0.6) is 5.75 Å². The zero-order chi connectivity index (χ0) is 24.7. The van der Waals surface area contributed by atoms with Gasteiger partial charge >= 0.3 is 11.5 Å². The summed E-state index contributed by atoms with van der Waals surface area (Å²) in [7, 11) is -1.50. The Morgan fingerprint density at radius 3 is 2.03 bits per heavy atom. The van der Waals surface area contributed by atoms with Crippen molar-refractivity contribution in [3.63, 3.8) is 0 Å². The van der Waals surface area contributed by atoms with E-state index in [0.717, 1.165) is 4.31 Å². The van der Waals surface area contributed by atoms with Crippen LogP contribution >= 0.6 is 11.8 Å². The lowest BCUT2D eigenvalue weighted by Gasteiger charge is -2.38. The van der Waals surface area contributed by atoms with E-state index in [-0.39, 0.29) is 61.9 Å². The van der Waals surface area contributed by atoms with Crippen molar-refractivity contribution in [2.24, 2.45) is 0 Å². The second-order valence-electron chi connectivity index (χ2n) is 7.53. The topological polar surface area (TPSA) is 102 Å². The standard InChI is InChI=1S/C20H28F3NO7S2/c1-29-13-9-19(18(25)26,10-14-30-2)33(27,28)24-11-7-16(8-12-24)31-15-3-5-17(6-4-15)32-20(21,22)23/h3-6,16H,7-14H2,1-2H3,(H,25,26). The second kappa shape index (κ2) is 11.7. The number of sulfonamides is 1. The average Bonchev–Trinajstić information content (AvgIpc) is 2.74. The van der Waals surface area contributed by atoms with E-state index in [9.17, 15) is 31.5 Å². The Kier molecular flexibility index (Phi) is 9.85. The van der Waals surface area contributed by atoms with Crippen LogP contribution in [-0.2, 0) is 24.3 Å². The molecule has 13 heteroatoms. The molecule has 1 heterocycles. The number of hydrogen-bond acceptors (Lipinski definition) is 7. The van der Waals surface area contributed by atoms with Crippen LogP contribution in [0.3, 0.4) is 0 Å². The minimum atomic E-state index is -4.38. The Balaban J connectivity index is 2.06. The van der Waals surface area contributed by atoms with Crippen LogP contribution in [0.25, 0.3) is 0 Å². The van der Waals surface area contributed by atoms with Gasteiger partial charge in [-0.1, -0.05) is 0 Å². The number of aliphatic carboxylic acids is 1. The summed E-state index contributed by atoms with van der Waals surface area (Å²) in [5.74, 6) is -1.07. The van der Waals surface area contributed by atoms with E-state index in [2.05, 4.69) is 0 Å². The van der Waals surface area contributed by atoms with Crippen LogP contribution in [0.2, 0.25) is 0 Å². The summed E-state index contributed by atoms with van der Waals surface area (Å²) >= 11 is -0.221. The number of rotatable bonds is 12. The number of carboxylic acids is 1. The van der Waals surface area contributed by atoms with Crippen LogP contribution in [0.1, 0.15) is 25.7 Å². The third kappa shape index (κ3) is 7.22. The number of benzene rings is 1. The van der Waals surface area contributed by atoms with E-state index in [4.69, 9.17) is 14.2 Å². The molecule has 1 N–H and O–H groups in total. The molecule has 2 rings (SSSR count). The predicted molar refractivity (Wildman–Crippen MR) is 116 cm³/mol. The van der Waals surface area contributed by atoms with Gasteiger partial charge in [-0.15, -0.1) is 0 Å². The summed E-state index contributed by atoms with van der Waals surface area (Å²) in [5.41, 5.74) is -4.38. The molecule has 0 bridgehead atoms. The summed E-state index contributed by atoms with van der Waals surface area (Å²) in [5, 5.41) is 9.87. The van der Waals surface area contributed by atoms with Crippen LogP contribution < -0.4 is 4.74 Å². The minimum absolute atomic E-state index is 0.0351. The molecule has 1 aromatic rings. The van der Waals surface area contributed by atoms with Crippen LogP contribution in [-0.4, -0.2) is 80.7 Å². The van der Waals surface area contributed by atoms with Crippen molar-refractivity contribution in [2.75, 3.05) is 40.5 Å². The molecule has 1 aliphatic rings. The van der Waals surface area contributed by atoms with Crippen LogP contribution in [0.4, 0.5) is 13.2 Å². The van der Waals surface area contributed by atoms with Gasteiger partial charge in [-0.3, -0.25) is 4.79 Å². The number of carboxylic acid groups (broad SMARTS) is 1. The van der Waals surface area contributed by atoms with Gasteiger partial charge in [0.15, 0.2) is 4.75 Å². The molecular formula is C20H28F3NO7S2. The van der Waals surface area contributed by atoms with Crippen molar-refractivity contribution in [3.05, 3.63) is 24.3 Å². The first-order valence-electron chi connectivity index (χ1n) is 10.2. The van der Waals surface area contributed by atoms with E-state index in [1.807, 2.05) is 0 Å². The molecule has 0 atom stereocenters. The van der Waals surface area contributed by atoms with E-state index >= 15 is 0 Å². The molecular weight excluding hydrogens is 487 g/mol. The summed E-state index contributed by atoms with van der Waals surface area (Å²) < 4.78 is 78.9. The monoisotopic (exact) mass is 515 g/mol. The summed E-state index contributed by atoms with van der Waals surface area (Å²) in [6, 6.07) is 5.48. The normalized spacial score (nSPS) is 16.6. The lowest BCUT2D eigenvalue weighted by atomic mass is 10.0. The highest BCUT2D eigenvalue weighted by atomic mass is 32.2. The van der Waals surface area contributed by atoms with E-state index in [0.29, 0.717) is 18.6 Å². The SMILES string of the molecule is COCCC(CCOC)(C(=O)O)S(=O)(=O)N1CCC(Oc2ccc(SC(F)(F)F)cc2)CC1. The Bertz CT molecular complexity index is 863. The summed E-state index contributed by atoms with van der Waals surface area (Å²) in [4.78, 5) is 12.2. The molecule has 33 heavy (non-hydrogen) atoms. The first-order chi connectivity index (χ1) is 15.4. The van der Waals surface area contributed by atoms with Gasteiger partial charge in [-0.2, -0.15) is 13.2 Å². The van der Waals surface area contributed by atoms with Gasteiger partial charge in [0.1, 0.15) is 11.9 Å². The van der Waals surface area contributed by atoms with Gasteiger partial charge < -0.3 is 19.3 Å². The minimum Gasteiger partial charge on any atom is -0.490 e. The maximum atomic E-state index is 13.4. The molecule has 1 aromatic carbocycles. The van der Waals surface area contributed by atoms with Crippen LogP contribution in [0.15, 0.2) is 29.2 Å². The lowest BCUT2D eigenvalue weighted by Crippen LogP contribution is -2.56. The highest BCUT2D eigenvalue weighted by molar-refractivity contribution is 8.00. The first-order valence-corrected chi connectivity index (χ1v) is 12.4. The third-order valence-corrected chi connectivity index (χ3v) is 8.76. The molecule has 0 aromatic heterocycles.